The van der Waals surface area contributed by atoms with Gasteiger partial charge < -0.3 is 9.84 Å². The van der Waals surface area contributed by atoms with Crippen molar-refractivity contribution in [3.05, 3.63) is 31.4 Å². The van der Waals surface area contributed by atoms with Gasteiger partial charge in [-0.2, -0.15) is 0 Å². The molecule has 0 aliphatic rings. The average Bonchev–Trinajstić information content (AvgIpc) is 2.42. The molecular weight excluding hydrogens is 405 g/mol. The molecule has 0 unspecified atom stereocenters. The Balaban J connectivity index is 2.68. The minimum atomic E-state index is -0.766. The molecule has 0 saturated carbocycles. The first-order valence-corrected chi connectivity index (χ1v) is 7.82. The van der Waals surface area contributed by atoms with E-state index in [9.17, 15) is 24.8 Å². The number of nitro benzene ring substituents is 1. The average molecular weight is 421 g/mol. The zero-order valence-corrected chi connectivity index (χ0v) is 14.2. The topological polar surface area (TPSA) is 107 Å². The van der Waals surface area contributed by atoms with E-state index in [-0.39, 0.29) is 16.4 Å². The third kappa shape index (κ3) is 5.58. The summed E-state index contributed by atoms with van der Waals surface area (Å²) in [4.78, 5) is 33.2. The van der Waals surface area contributed by atoms with Crippen molar-refractivity contribution in [1.82, 2.24) is 0 Å². The fourth-order valence-corrected chi connectivity index (χ4v) is 2.46. The Hall–Kier alpha value is -1.71. The lowest BCUT2D eigenvalue weighted by atomic mass is 10.1. The molecule has 120 valence electrons. The summed E-state index contributed by atoms with van der Waals surface area (Å²) in [5.74, 6) is -1.81. The Kier molecular flexibility index (Phi) is 7.22. The molecule has 22 heavy (non-hydrogen) atoms. The molecule has 0 fully saturated rings. The predicted octanol–water partition coefficient (Wildman–Crippen LogP) is 3.10. The highest BCUT2D eigenvalue weighted by atomic mass is 127. The van der Waals surface area contributed by atoms with Gasteiger partial charge in [0.2, 0.25) is 5.75 Å². The van der Waals surface area contributed by atoms with E-state index in [1.54, 1.807) is 22.6 Å². The number of carbonyl (C=O) groups excluding carboxylic acids is 2. The third-order valence-corrected chi connectivity index (χ3v) is 3.68. The van der Waals surface area contributed by atoms with E-state index in [0.717, 1.165) is 18.9 Å². The van der Waals surface area contributed by atoms with Crippen molar-refractivity contribution in [2.45, 2.75) is 39.0 Å². The van der Waals surface area contributed by atoms with Gasteiger partial charge in [-0.3, -0.25) is 19.7 Å². The van der Waals surface area contributed by atoms with Crippen molar-refractivity contribution < 1.29 is 24.4 Å². The van der Waals surface area contributed by atoms with Crippen LogP contribution < -0.4 is 0 Å². The molecular formula is C14H16INO6. The van der Waals surface area contributed by atoms with E-state index in [4.69, 9.17) is 0 Å². The SMILES string of the molecule is CCCCCC(=O)OC(=O)Cc1cc(I)c(O)c([N+](=O)[O-])c1. The number of hydrogen-bond acceptors (Lipinski definition) is 6. The smallest absolute Gasteiger partial charge is 0.317 e. The molecule has 0 atom stereocenters. The minimum absolute atomic E-state index is 0.173. The van der Waals surface area contributed by atoms with Crippen molar-refractivity contribution in [3.63, 3.8) is 0 Å². The first-order chi connectivity index (χ1) is 10.3. The van der Waals surface area contributed by atoms with Crippen LogP contribution in [-0.4, -0.2) is 22.0 Å². The number of ether oxygens (including phenoxy) is 1. The zero-order valence-electron chi connectivity index (χ0n) is 12.0. The van der Waals surface area contributed by atoms with Gasteiger partial charge in [0.1, 0.15) is 0 Å². The number of halogens is 1. The van der Waals surface area contributed by atoms with Crippen molar-refractivity contribution in [2.24, 2.45) is 0 Å². The van der Waals surface area contributed by atoms with Gasteiger partial charge in [0.25, 0.3) is 0 Å². The molecule has 0 saturated heterocycles. The van der Waals surface area contributed by atoms with Crippen molar-refractivity contribution in [3.8, 4) is 5.75 Å². The Bertz CT molecular complexity index is 587. The fraction of sp³-hybridized carbons (Fsp3) is 0.429. The van der Waals surface area contributed by atoms with Crippen LogP contribution in [0.5, 0.6) is 5.75 Å². The van der Waals surface area contributed by atoms with Gasteiger partial charge in [0.05, 0.1) is 14.9 Å². The lowest BCUT2D eigenvalue weighted by Crippen LogP contribution is -2.14. The summed E-state index contributed by atoms with van der Waals surface area (Å²) in [7, 11) is 0. The highest BCUT2D eigenvalue weighted by molar-refractivity contribution is 14.1. The summed E-state index contributed by atoms with van der Waals surface area (Å²) in [6, 6.07) is 2.53. The third-order valence-electron chi connectivity index (χ3n) is 2.86. The predicted molar refractivity (Wildman–Crippen MR) is 86.4 cm³/mol. The molecule has 0 bridgehead atoms. The maximum Gasteiger partial charge on any atom is 0.317 e. The zero-order chi connectivity index (χ0) is 16.7. The van der Waals surface area contributed by atoms with Crippen LogP contribution in [0.4, 0.5) is 5.69 Å². The maximum absolute atomic E-state index is 11.7. The van der Waals surface area contributed by atoms with Gasteiger partial charge in [-0.1, -0.05) is 19.8 Å². The normalized spacial score (nSPS) is 10.3. The lowest BCUT2D eigenvalue weighted by molar-refractivity contribution is -0.386. The van der Waals surface area contributed by atoms with E-state index in [1.165, 1.54) is 6.07 Å². The van der Waals surface area contributed by atoms with Crippen molar-refractivity contribution in [1.29, 1.82) is 0 Å². The Morgan fingerprint density at radius 1 is 1.32 bits per heavy atom. The quantitative estimate of drug-likeness (QED) is 0.181. The van der Waals surface area contributed by atoms with E-state index in [1.807, 2.05) is 6.92 Å². The van der Waals surface area contributed by atoms with Crippen LogP contribution in [0.2, 0.25) is 0 Å². The van der Waals surface area contributed by atoms with Crippen molar-refractivity contribution >= 4 is 40.2 Å². The molecule has 0 aliphatic heterocycles. The molecule has 0 spiro atoms. The minimum Gasteiger partial charge on any atom is -0.501 e. The maximum atomic E-state index is 11.7. The first-order valence-electron chi connectivity index (χ1n) is 6.74. The molecule has 1 rings (SSSR count). The van der Waals surface area contributed by atoms with Crippen LogP contribution in [0.3, 0.4) is 0 Å². The summed E-state index contributed by atoms with van der Waals surface area (Å²) < 4.78 is 4.91. The number of nitrogens with zero attached hydrogens (tertiary/aromatic N) is 1. The number of nitro groups is 1. The second kappa shape index (κ2) is 8.66. The van der Waals surface area contributed by atoms with Crippen LogP contribution in [0.1, 0.15) is 38.2 Å². The number of benzene rings is 1. The molecule has 0 radical (unpaired) electrons. The Morgan fingerprint density at radius 2 is 2.00 bits per heavy atom. The van der Waals surface area contributed by atoms with E-state index >= 15 is 0 Å². The van der Waals surface area contributed by atoms with E-state index in [0.29, 0.717) is 12.0 Å². The number of rotatable bonds is 7. The summed E-state index contributed by atoms with van der Waals surface area (Å²) in [5, 5.41) is 20.4. The number of phenols is 1. The summed E-state index contributed by atoms with van der Waals surface area (Å²) in [6.07, 6.45) is 2.40. The molecule has 8 heteroatoms. The molecule has 1 aromatic carbocycles. The highest BCUT2D eigenvalue weighted by Crippen LogP contribution is 2.32. The Morgan fingerprint density at radius 3 is 2.59 bits per heavy atom. The first kappa shape index (κ1) is 18.3. The van der Waals surface area contributed by atoms with E-state index < -0.39 is 28.3 Å². The van der Waals surface area contributed by atoms with Crippen molar-refractivity contribution in [2.75, 3.05) is 0 Å². The Labute approximate surface area is 140 Å². The number of esters is 2. The fourth-order valence-electron chi connectivity index (χ4n) is 1.78. The number of hydrogen-bond donors (Lipinski definition) is 1. The van der Waals surface area contributed by atoms with Crippen LogP contribution in [0.15, 0.2) is 12.1 Å². The van der Waals surface area contributed by atoms with Gasteiger partial charge in [0, 0.05) is 12.5 Å². The van der Waals surface area contributed by atoms with Crippen LogP contribution in [0, 0.1) is 13.7 Å². The van der Waals surface area contributed by atoms with Crippen LogP contribution >= 0.6 is 22.6 Å². The molecule has 0 aliphatic carbocycles. The van der Waals surface area contributed by atoms with Gasteiger partial charge in [0.15, 0.2) is 0 Å². The van der Waals surface area contributed by atoms with Gasteiger partial charge in [-0.05, 0) is 40.6 Å². The molecule has 1 aromatic rings. The summed E-state index contributed by atoms with van der Waals surface area (Å²) in [5.41, 5.74) is -0.177. The standard InChI is InChI=1S/C14H16INO6/c1-2-3-4-5-12(17)22-13(18)8-9-6-10(15)14(19)11(7-9)16(20)21/h6-7,19H,2-5,8H2,1H3. The lowest BCUT2D eigenvalue weighted by Gasteiger charge is -2.05. The molecule has 0 amide bonds. The summed E-state index contributed by atoms with van der Waals surface area (Å²) in [6.45, 7) is 2.00. The van der Waals surface area contributed by atoms with Crippen LogP contribution in [0.25, 0.3) is 0 Å². The number of unbranched alkanes of at least 4 members (excludes halogenated alkanes) is 2. The van der Waals surface area contributed by atoms with Gasteiger partial charge >= 0.3 is 17.6 Å². The molecule has 1 N–H and O–H groups in total. The second-order valence-corrected chi connectivity index (χ2v) is 5.84. The summed E-state index contributed by atoms with van der Waals surface area (Å²) >= 11 is 1.73. The largest absolute Gasteiger partial charge is 0.501 e. The highest BCUT2D eigenvalue weighted by Gasteiger charge is 2.20. The monoisotopic (exact) mass is 421 g/mol. The molecule has 7 nitrogen and oxygen atoms in total. The van der Waals surface area contributed by atoms with Gasteiger partial charge in [-0.15, -0.1) is 0 Å². The van der Waals surface area contributed by atoms with E-state index in [2.05, 4.69) is 4.74 Å². The number of phenolic OH excluding ortho intramolecular Hbond substituents is 1. The van der Waals surface area contributed by atoms with Crippen LogP contribution in [-0.2, 0) is 20.7 Å². The molecule has 0 heterocycles. The number of carbonyl (C=O) groups is 2. The number of aromatic hydroxyl groups is 1. The molecule has 0 aromatic heterocycles. The second-order valence-electron chi connectivity index (χ2n) is 4.68. The van der Waals surface area contributed by atoms with Gasteiger partial charge in [-0.25, -0.2) is 0 Å².